The first kappa shape index (κ1) is 17.8. The second kappa shape index (κ2) is 8.34. The molecular weight excluding hydrogens is 302 g/mol. The maximum atomic E-state index is 11.7. The molecule has 1 aromatic carbocycles. The van der Waals surface area contributed by atoms with E-state index in [4.69, 9.17) is 4.74 Å². The summed E-state index contributed by atoms with van der Waals surface area (Å²) < 4.78 is 5.63. The van der Waals surface area contributed by atoms with Gasteiger partial charge in [-0.1, -0.05) is 39.0 Å². The zero-order chi connectivity index (χ0) is 17.4. The lowest BCUT2D eigenvalue weighted by Gasteiger charge is -2.19. The Morgan fingerprint density at radius 2 is 1.83 bits per heavy atom. The maximum absolute atomic E-state index is 11.7. The molecule has 0 fully saturated rings. The Hall–Kier alpha value is -2.56. The van der Waals surface area contributed by atoms with Gasteiger partial charge in [0.1, 0.15) is 12.4 Å². The summed E-state index contributed by atoms with van der Waals surface area (Å²) in [7, 11) is 0. The third-order valence-electron chi connectivity index (χ3n) is 3.53. The van der Waals surface area contributed by atoms with Crippen LogP contribution in [0.3, 0.4) is 0 Å². The zero-order valence-corrected chi connectivity index (χ0v) is 14.5. The van der Waals surface area contributed by atoms with Gasteiger partial charge in [0.05, 0.1) is 18.8 Å². The first-order valence-corrected chi connectivity index (χ1v) is 8.10. The number of rotatable bonds is 6. The van der Waals surface area contributed by atoms with Crippen LogP contribution < -0.4 is 15.4 Å². The van der Waals surface area contributed by atoms with Crippen molar-refractivity contribution in [1.29, 1.82) is 0 Å². The lowest BCUT2D eigenvalue weighted by atomic mass is 9.87. The lowest BCUT2D eigenvalue weighted by molar-refractivity contribution is 0.236. The number of nitrogens with one attached hydrogen (secondary N) is 2. The molecular formula is C19H25N3O2. The van der Waals surface area contributed by atoms with E-state index in [-0.39, 0.29) is 11.4 Å². The predicted molar refractivity (Wildman–Crippen MR) is 95.1 cm³/mol. The SMILES string of the molecule is CC(C)(C)c1ccc(OCCNC(=O)NCc2ccccn2)cc1. The Morgan fingerprint density at radius 3 is 2.46 bits per heavy atom. The number of benzene rings is 1. The Kier molecular flexibility index (Phi) is 6.18. The molecule has 0 atom stereocenters. The smallest absolute Gasteiger partial charge is 0.315 e. The van der Waals surface area contributed by atoms with E-state index in [1.165, 1.54) is 5.56 Å². The van der Waals surface area contributed by atoms with E-state index in [1.54, 1.807) is 6.20 Å². The fraction of sp³-hybridized carbons (Fsp3) is 0.368. The highest BCUT2D eigenvalue weighted by Crippen LogP contribution is 2.24. The second-order valence-electron chi connectivity index (χ2n) is 6.55. The second-order valence-corrected chi connectivity index (χ2v) is 6.55. The van der Waals surface area contributed by atoms with Crippen LogP contribution in [0.2, 0.25) is 0 Å². The molecule has 0 aliphatic carbocycles. The molecule has 2 amide bonds. The third-order valence-corrected chi connectivity index (χ3v) is 3.53. The van der Waals surface area contributed by atoms with E-state index in [0.29, 0.717) is 19.7 Å². The standard InChI is InChI=1S/C19H25N3O2/c1-19(2,3)15-7-9-17(10-8-15)24-13-12-21-18(23)22-14-16-6-4-5-11-20-16/h4-11H,12-14H2,1-3H3,(H2,21,22,23). The van der Waals surface area contributed by atoms with E-state index >= 15 is 0 Å². The molecule has 2 N–H and O–H groups in total. The molecule has 2 rings (SSSR count). The monoisotopic (exact) mass is 327 g/mol. The number of carbonyl (C=O) groups excluding carboxylic acids is 1. The van der Waals surface area contributed by atoms with Gasteiger partial charge in [-0.15, -0.1) is 0 Å². The molecule has 1 aromatic heterocycles. The quantitative estimate of drug-likeness (QED) is 0.801. The number of urea groups is 1. The summed E-state index contributed by atoms with van der Waals surface area (Å²) >= 11 is 0. The highest BCUT2D eigenvalue weighted by Gasteiger charge is 2.12. The van der Waals surface area contributed by atoms with Crippen LogP contribution in [0.1, 0.15) is 32.0 Å². The molecule has 0 aliphatic rings. The van der Waals surface area contributed by atoms with E-state index in [1.807, 2.05) is 30.3 Å². The number of amides is 2. The van der Waals surface area contributed by atoms with E-state index in [0.717, 1.165) is 11.4 Å². The van der Waals surface area contributed by atoms with Gasteiger partial charge in [-0.25, -0.2) is 4.79 Å². The molecule has 128 valence electrons. The number of carbonyl (C=O) groups is 1. The van der Waals surface area contributed by atoms with E-state index < -0.39 is 0 Å². The van der Waals surface area contributed by atoms with Crippen molar-refractivity contribution in [2.24, 2.45) is 0 Å². The van der Waals surface area contributed by atoms with Gasteiger partial charge in [0, 0.05) is 6.20 Å². The number of ether oxygens (including phenoxy) is 1. The van der Waals surface area contributed by atoms with Gasteiger partial charge in [0.2, 0.25) is 0 Å². The summed E-state index contributed by atoms with van der Waals surface area (Å²) in [6, 6.07) is 13.4. The third kappa shape index (κ3) is 5.91. The molecule has 0 aliphatic heterocycles. The van der Waals surface area contributed by atoms with Crippen molar-refractivity contribution in [3.63, 3.8) is 0 Å². The van der Waals surface area contributed by atoms with Crippen molar-refractivity contribution >= 4 is 6.03 Å². The summed E-state index contributed by atoms with van der Waals surface area (Å²) in [6.45, 7) is 7.80. The maximum Gasteiger partial charge on any atom is 0.315 e. The fourth-order valence-electron chi connectivity index (χ4n) is 2.12. The summed E-state index contributed by atoms with van der Waals surface area (Å²) in [5.74, 6) is 0.804. The van der Waals surface area contributed by atoms with Crippen molar-refractivity contribution in [2.45, 2.75) is 32.7 Å². The molecule has 0 spiro atoms. The topological polar surface area (TPSA) is 63.2 Å². The Balaban J connectivity index is 1.64. The molecule has 0 bridgehead atoms. The molecule has 2 aromatic rings. The van der Waals surface area contributed by atoms with Crippen LogP contribution in [-0.4, -0.2) is 24.2 Å². The minimum atomic E-state index is -0.229. The zero-order valence-electron chi connectivity index (χ0n) is 14.5. The van der Waals surface area contributed by atoms with Crippen molar-refractivity contribution in [3.8, 4) is 5.75 Å². The van der Waals surface area contributed by atoms with Gasteiger partial charge in [0.25, 0.3) is 0 Å². The van der Waals surface area contributed by atoms with Crippen LogP contribution in [0, 0.1) is 0 Å². The van der Waals surface area contributed by atoms with Gasteiger partial charge in [-0.2, -0.15) is 0 Å². The minimum Gasteiger partial charge on any atom is -0.492 e. The molecule has 1 heterocycles. The van der Waals surface area contributed by atoms with Crippen molar-refractivity contribution in [1.82, 2.24) is 15.6 Å². The largest absolute Gasteiger partial charge is 0.492 e. The molecule has 5 heteroatoms. The normalized spacial score (nSPS) is 11.0. The van der Waals surface area contributed by atoms with Gasteiger partial charge in [0.15, 0.2) is 0 Å². The van der Waals surface area contributed by atoms with Crippen LogP contribution in [0.25, 0.3) is 0 Å². The highest BCUT2D eigenvalue weighted by molar-refractivity contribution is 5.73. The average molecular weight is 327 g/mol. The summed E-state index contributed by atoms with van der Waals surface area (Å²) in [6.07, 6.45) is 1.70. The van der Waals surface area contributed by atoms with Gasteiger partial charge in [-0.05, 0) is 35.2 Å². The summed E-state index contributed by atoms with van der Waals surface area (Å²) in [5, 5.41) is 5.51. The Bertz CT molecular complexity index is 634. The van der Waals surface area contributed by atoms with Crippen LogP contribution in [-0.2, 0) is 12.0 Å². The molecule has 24 heavy (non-hydrogen) atoms. The first-order chi connectivity index (χ1) is 11.4. The molecule has 0 saturated carbocycles. The van der Waals surface area contributed by atoms with Crippen molar-refractivity contribution in [3.05, 3.63) is 59.9 Å². The van der Waals surface area contributed by atoms with Gasteiger partial charge in [-0.3, -0.25) is 4.98 Å². The van der Waals surface area contributed by atoms with Crippen LogP contribution in [0.5, 0.6) is 5.75 Å². The molecule has 0 saturated heterocycles. The average Bonchev–Trinajstić information content (AvgIpc) is 2.57. The number of pyridine rings is 1. The molecule has 0 unspecified atom stereocenters. The van der Waals surface area contributed by atoms with Gasteiger partial charge < -0.3 is 15.4 Å². The number of aromatic nitrogens is 1. The minimum absolute atomic E-state index is 0.131. The molecule has 5 nitrogen and oxygen atoms in total. The van der Waals surface area contributed by atoms with E-state index in [9.17, 15) is 4.79 Å². The van der Waals surface area contributed by atoms with Crippen LogP contribution in [0.15, 0.2) is 48.7 Å². The predicted octanol–water partition coefficient (Wildman–Crippen LogP) is 3.26. The van der Waals surface area contributed by atoms with Crippen LogP contribution >= 0.6 is 0 Å². The Labute approximate surface area is 143 Å². The first-order valence-electron chi connectivity index (χ1n) is 8.10. The van der Waals surface area contributed by atoms with Crippen molar-refractivity contribution in [2.75, 3.05) is 13.2 Å². The fourth-order valence-corrected chi connectivity index (χ4v) is 2.12. The summed E-state index contributed by atoms with van der Waals surface area (Å²) in [4.78, 5) is 15.8. The lowest BCUT2D eigenvalue weighted by Crippen LogP contribution is -2.37. The van der Waals surface area contributed by atoms with Crippen molar-refractivity contribution < 1.29 is 9.53 Å². The number of hydrogen-bond acceptors (Lipinski definition) is 3. The summed E-state index contributed by atoms with van der Waals surface area (Å²) in [5.41, 5.74) is 2.22. The van der Waals surface area contributed by atoms with Crippen LogP contribution in [0.4, 0.5) is 4.79 Å². The number of hydrogen-bond donors (Lipinski definition) is 2. The molecule has 0 radical (unpaired) electrons. The Morgan fingerprint density at radius 1 is 1.08 bits per heavy atom. The van der Waals surface area contributed by atoms with Gasteiger partial charge >= 0.3 is 6.03 Å². The highest BCUT2D eigenvalue weighted by atomic mass is 16.5. The number of nitrogens with zero attached hydrogens (tertiary/aromatic N) is 1. The van der Waals surface area contributed by atoms with E-state index in [2.05, 4.69) is 48.5 Å².